The molecule has 4 nitrogen and oxygen atoms in total. The molecule has 2 aliphatic rings. The zero-order valence-corrected chi connectivity index (χ0v) is 9.73. The van der Waals surface area contributed by atoms with Gasteiger partial charge in [0.05, 0.1) is 11.3 Å². The van der Waals surface area contributed by atoms with Gasteiger partial charge in [0.15, 0.2) is 5.78 Å². The highest BCUT2D eigenvalue weighted by Gasteiger charge is 2.33. The molecule has 0 heterocycles. The van der Waals surface area contributed by atoms with Crippen LogP contribution in [0.15, 0.2) is 5.29 Å². The van der Waals surface area contributed by atoms with E-state index in [2.05, 4.69) is 5.29 Å². The molecule has 0 aliphatic heterocycles. The van der Waals surface area contributed by atoms with Crippen molar-refractivity contribution in [1.29, 1.82) is 0 Å². The minimum absolute atomic E-state index is 0.214. The molecular formula is C12H20N2O2. The fourth-order valence-electron chi connectivity index (χ4n) is 2.97. The van der Waals surface area contributed by atoms with Gasteiger partial charge in [-0.25, -0.2) is 5.01 Å². The number of hydrogen-bond donors (Lipinski definition) is 0. The molecular weight excluding hydrogens is 204 g/mol. The zero-order valence-electron chi connectivity index (χ0n) is 9.73. The smallest absolute Gasteiger partial charge is 0.157 e. The molecule has 2 aliphatic carbocycles. The Morgan fingerprint density at radius 2 is 1.69 bits per heavy atom. The largest absolute Gasteiger partial charge is 0.297 e. The van der Waals surface area contributed by atoms with Gasteiger partial charge in [0, 0.05) is 6.42 Å². The molecule has 0 radical (unpaired) electrons. The number of nitrogens with zero attached hydrogens (tertiary/aromatic N) is 2. The highest BCUT2D eigenvalue weighted by atomic mass is 16.3. The standard InChI is InChI=1S/C12H20N2O2/c15-12-9-5-4-8-11(12)14(13-16)10-6-2-1-3-7-10/h10-11H,1-9H2. The van der Waals surface area contributed by atoms with Crippen LogP contribution in [-0.4, -0.2) is 22.9 Å². The molecule has 0 amide bonds. The van der Waals surface area contributed by atoms with Crippen LogP contribution >= 0.6 is 0 Å². The maximum atomic E-state index is 11.8. The Kier molecular flexibility index (Phi) is 3.91. The molecule has 0 aromatic rings. The molecule has 0 aromatic carbocycles. The van der Waals surface area contributed by atoms with Crippen molar-refractivity contribution in [2.45, 2.75) is 69.9 Å². The first-order valence-electron chi connectivity index (χ1n) is 6.47. The molecule has 16 heavy (non-hydrogen) atoms. The van der Waals surface area contributed by atoms with E-state index in [4.69, 9.17) is 0 Å². The van der Waals surface area contributed by atoms with Gasteiger partial charge >= 0.3 is 0 Å². The lowest BCUT2D eigenvalue weighted by molar-refractivity contribution is -0.127. The monoisotopic (exact) mass is 224 g/mol. The number of hydrogen-bond acceptors (Lipinski definition) is 3. The van der Waals surface area contributed by atoms with Crippen molar-refractivity contribution >= 4 is 5.78 Å². The SMILES string of the molecule is O=NN(C1CCCCC1)C1CCCCC1=O. The highest BCUT2D eigenvalue weighted by Crippen LogP contribution is 2.28. The Morgan fingerprint density at radius 3 is 2.31 bits per heavy atom. The van der Waals surface area contributed by atoms with Crippen molar-refractivity contribution in [1.82, 2.24) is 5.01 Å². The number of carbonyl (C=O) groups is 1. The molecule has 0 N–H and O–H groups in total. The summed E-state index contributed by atoms with van der Waals surface area (Å²) in [6, 6.07) is 0.00708. The van der Waals surface area contributed by atoms with Gasteiger partial charge in [-0.3, -0.25) is 4.79 Å². The summed E-state index contributed by atoms with van der Waals surface area (Å²) in [6.07, 6.45) is 9.11. The van der Waals surface area contributed by atoms with Crippen molar-refractivity contribution in [2.24, 2.45) is 5.29 Å². The van der Waals surface area contributed by atoms with Crippen LogP contribution in [0.25, 0.3) is 0 Å². The van der Waals surface area contributed by atoms with E-state index in [0.717, 1.165) is 44.9 Å². The first-order valence-corrected chi connectivity index (χ1v) is 6.47. The summed E-state index contributed by atoms with van der Waals surface area (Å²) in [5, 5.41) is 4.73. The van der Waals surface area contributed by atoms with Gasteiger partial charge < -0.3 is 0 Å². The number of ketones is 1. The van der Waals surface area contributed by atoms with Crippen molar-refractivity contribution < 1.29 is 4.79 Å². The third-order valence-electron chi connectivity index (χ3n) is 3.88. The molecule has 1 unspecified atom stereocenters. The normalized spacial score (nSPS) is 27.8. The van der Waals surface area contributed by atoms with Gasteiger partial charge in [0.2, 0.25) is 0 Å². The quantitative estimate of drug-likeness (QED) is 0.547. The third kappa shape index (κ3) is 2.42. The topological polar surface area (TPSA) is 49.7 Å². The van der Waals surface area contributed by atoms with Crippen LogP contribution in [0.3, 0.4) is 0 Å². The summed E-state index contributed by atoms with van der Waals surface area (Å²) < 4.78 is 0. The average Bonchev–Trinajstić information content (AvgIpc) is 2.34. The minimum atomic E-state index is -0.214. The molecule has 2 fully saturated rings. The molecule has 2 rings (SSSR count). The van der Waals surface area contributed by atoms with Crippen molar-refractivity contribution in [2.75, 3.05) is 0 Å². The number of rotatable bonds is 3. The second-order valence-corrected chi connectivity index (χ2v) is 4.98. The lowest BCUT2D eigenvalue weighted by atomic mass is 9.89. The maximum Gasteiger partial charge on any atom is 0.157 e. The molecule has 2 saturated carbocycles. The van der Waals surface area contributed by atoms with E-state index >= 15 is 0 Å². The second-order valence-electron chi connectivity index (χ2n) is 4.98. The molecule has 90 valence electrons. The van der Waals surface area contributed by atoms with E-state index in [1.807, 2.05) is 0 Å². The first-order chi connectivity index (χ1) is 7.83. The Bertz CT molecular complexity index is 262. The number of Topliss-reactive ketones (excluding diaryl/α,β-unsaturated/α-hetero) is 1. The van der Waals surface area contributed by atoms with Crippen LogP contribution < -0.4 is 0 Å². The predicted octanol–water partition coefficient (Wildman–Crippen LogP) is 2.81. The molecule has 0 bridgehead atoms. The zero-order chi connectivity index (χ0) is 11.4. The lowest BCUT2D eigenvalue weighted by Crippen LogP contribution is -2.45. The molecule has 0 spiro atoms. The second kappa shape index (κ2) is 5.41. The van der Waals surface area contributed by atoms with E-state index in [0.29, 0.717) is 6.42 Å². The van der Waals surface area contributed by atoms with Crippen LogP contribution in [0.4, 0.5) is 0 Å². The number of carbonyl (C=O) groups excluding carboxylic acids is 1. The van der Waals surface area contributed by atoms with Gasteiger partial charge in [-0.15, -0.1) is 4.91 Å². The Morgan fingerprint density at radius 1 is 1.00 bits per heavy atom. The summed E-state index contributed by atoms with van der Waals surface area (Å²) in [5.74, 6) is 0.219. The molecule has 0 saturated heterocycles. The van der Waals surface area contributed by atoms with Crippen molar-refractivity contribution in [3.63, 3.8) is 0 Å². The maximum absolute atomic E-state index is 11.8. The first kappa shape index (κ1) is 11.6. The molecule has 0 aromatic heterocycles. The van der Waals surface area contributed by atoms with Crippen molar-refractivity contribution in [3.05, 3.63) is 4.91 Å². The Balaban J connectivity index is 2.01. The molecule has 4 heteroatoms. The van der Waals surface area contributed by atoms with Crippen LogP contribution in [0.2, 0.25) is 0 Å². The van der Waals surface area contributed by atoms with Crippen LogP contribution in [-0.2, 0) is 4.79 Å². The third-order valence-corrected chi connectivity index (χ3v) is 3.88. The van der Waals surface area contributed by atoms with E-state index in [-0.39, 0.29) is 17.9 Å². The highest BCUT2D eigenvalue weighted by molar-refractivity contribution is 5.84. The van der Waals surface area contributed by atoms with E-state index < -0.39 is 0 Å². The van der Waals surface area contributed by atoms with Gasteiger partial charge in [-0.05, 0) is 25.7 Å². The van der Waals surface area contributed by atoms with Gasteiger partial charge in [0.1, 0.15) is 6.04 Å². The van der Waals surface area contributed by atoms with Crippen molar-refractivity contribution in [3.8, 4) is 0 Å². The lowest BCUT2D eigenvalue weighted by Gasteiger charge is -2.36. The summed E-state index contributed by atoms with van der Waals surface area (Å²) in [4.78, 5) is 22.8. The van der Waals surface area contributed by atoms with Crippen LogP contribution in [0.1, 0.15) is 57.8 Å². The minimum Gasteiger partial charge on any atom is -0.297 e. The summed E-state index contributed by atoms with van der Waals surface area (Å²) in [5.41, 5.74) is 0. The number of nitroso groups, excluding NO2 is 1. The van der Waals surface area contributed by atoms with Crippen LogP contribution in [0.5, 0.6) is 0 Å². The predicted molar refractivity (Wildman–Crippen MR) is 61.8 cm³/mol. The van der Waals surface area contributed by atoms with Gasteiger partial charge in [-0.2, -0.15) is 0 Å². The summed E-state index contributed by atoms with van der Waals surface area (Å²) >= 11 is 0. The Hall–Kier alpha value is -0.930. The average molecular weight is 224 g/mol. The van der Waals surface area contributed by atoms with Gasteiger partial charge in [-0.1, -0.05) is 25.7 Å². The van der Waals surface area contributed by atoms with E-state index in [1.54, 1.807) is 5.01 Å². The summed E-state index contributed by atoms with van der Waals surface area (Å²) in [6.45, 7) is 0. The molecule has 1 atom stereocenters. The van der Waals surface area contributed by atoms with Gasteiger partial charge in [0.25, 0.3) is 0 Å². The summed E-state index contributed by atoms with van der Waals surface area (Å²) in [7, 11) is 0. The fourth-order valence-corrected chi connectivity index (χ4v) is 2.97. The van der Waals surface area contributed by atoms with E-state index in [9.17, 15) is 9.70 Å². The van der Waals surface area contributed by atoms with E-state index in [1.165, 1.54) is 6.42 Å². The Labute approximate surface area is 96.3 Å². The fraction of sp³-hybridized carbons (Fsp3) is 0.917. The van der Waals surface area contributed by atoms with Crippen LogP contribution in [0, 0.1) is 4.91 Å².